The third-order valence-corrected chi connectivity index (χ3v) is 4.43. The van der Waals surface area contributed by atoms with Crippen LogP contribution in [0.5, 0.6) is 0 Å². The fourth-order valence-corrected chi connectivity index (χ4v) is 3.39. The minimum atomic E-state index is 0.349. The first-order valence-electron chi connectivity index (χ1n) is 5.39. The molecule has 0 aliphatic heterocycles. The first kappa shape index (κ1) is 13.1. The van der Waals surface area contributed by atoms with Crippen LogP contribution in [0.2, 0.25) is 4.34 Å². The first-order chi connectivity index (χ1) is 8.19. The number of nitrogens with two attached hydrogens (primary N) is 1. The van der Waals surface area contributed by atoms with Gasteiger partial charge in [0.2, 0.25) is 0 Å². The van der Waals surface area contributed by atoms with Crippen molar-refractivity contribution < 1.29 is 0 Å². The van der Waals surface area contributed by atoms with Crippen molar-refractivity contribution in [3.63, 3.8) is 0 Å². The summed E-state index contributed by atoms with van der Waals surface area (Å²) in [5, 5.41) is 0. The minimum absolute atomic E-state index is 0.349. The van der Waals surface area contributed by atoms with Crippen LogP contribution in [0.25, 0.3) is 0 Å². The Morgan fingerprint density at radius 3 is 2.71 bits per heavy atom. The fraction of sp³-hybridized carbons (Fsp3) is 0.231. The Morgan fingerprint density at radius 1 is 1.29 bits per heavy atom. The number of rotatable bonds is 4. The van der Waals surface area contributed by atoms with Crippen LogP contribution in [0, 0.1) is 0 Å². The molecule has 2 N–H and O–H groups in total. The minimum Gasteiger partial charge on any atom is -0.330 e. The monoisotopic (exact) mass is 329 g/mol. The predicted octanol–water partition coefficient (Wildman–Crippen LogP) is 4.45. The highest BCUT2D eigenvalue weighted by atomic mass is 79.9. The molecule has 2 aromatic rings. The maximum Gasteiger partial charge on any atom is 0.0931 e. The van der Waals surface area contributed by atoms with E-state index in [2.05, 4.69) is 34.1 Å². The molecule has 0 radical (unpaired) electrons. The molecule has 1 aromatic carbocycles. The first-order valence-corrected chi connectivity index (χ1v) is 7.37. The molecule has 0 aliphatic rings. The Kier molecular flexibility index (Phi) is 4.62. The maximum absolute atomic E-state index is 5.94. The van der Waals surface area contributed by atoms with Gasteiger partial charge in [0.25, 0.3) is 0 Å². The number of halogens is 2. The molecular formula is C13H13BrClNS. The standard InChI is InChI=1S/C13H13BrClNS/c14-11-3-1-2-9(6-11)10(8-16)7-12-4-5-13(15)17-12/h1-6,10H,7-8,16H2. The molecule has 17 heavy (non-hydrogen) atoms. The van der Waals surface area contributed by atoms with Crippen molar-refractivity contribution in [2.45, 2.75) is 12.3 Å². The van der Waals surface area contributed by atoms with Crippen LogP contribution < -0.4 is 5.73 Å². The Bertz CT molecular complexity index is 498. The molecule has 2 rings (SSSR count). The van der Waals surface area contributed by atoms with E-state index in [9.17, 15) is 0 Å². The van der Waals surface area contributed by atoms with Gasteiger partial charge in [0.15, 0.2) is 0 Å². The predicted molar refractivity (Wildman–Crippen MR) is 79.0 cm³/mol. The van der Waals surface area contributed by atoms with Gasteiger partial charge in [-0.25, -0.2) is 0 Å². The van der Waals surface area contributed by atoms with Gasteiger partial charge in [-0.2, -0.15) is 0 Å². The van der Waals surface area contributed by atoms with Crippen LogP contribution in [-0.2, 0) is 6.42 Å². The lowest BCUT2D eigenvalue weighted by molar-refractivity contribution is 0.701. The van der Waals surface area contributed by atoms with E-state index in [0.717, 1.165) is 15.2 Å². The molecule has 0 aliphatic carbocycles. The number of hydrogen-bond acceptors (Lipinski definition) is 2. The van der Waals surface area contributed by atoms with Gasteiger partial charge in [0, 0.05) is 15.3 Å². The van der Waals surface area contributed by atoms with Crippen molar-refractivity contribution in [2.24, 2.45) is 5.73 Å². The van der Waals surface area contributed by atoms with Gasteiger partial charge in [-0.3, -0.25) is 0 Å². The van der Waals surface area contributed by atoms with Gasteiger partial charge < -0.3 is 5.73 Å². The molecule has 1 heterocycles. The SMILES string of the molecule is NCC(Cc1ccc(Cl)s1)c1cccc(Br)c1. The zero-order valence-corrected chi connectivity index (χ0v) is 12.4. The van der Waals surface area contributed by atoms with Gasteiger partial charge in [-0.15, -0.1) is 11.3 Å². The van der Waals surface area contributed by atoms with Crippen molar-refractivity contribution in [3.05, 3.63) is 55.6 Å². The molecule has 0 amide bonds. The third kappa shape index (κ3) is 3.55. The second-order valence-corrected chi connectivity index (χ2v) is 6.61. The van der Waals surface area contributed by atoms with E-state index in [1.165, 1.54) is 10.4 Å². The van der Waals surface area contributed by atoms with Crippen molar-refractivity contribution in [1.29, 1.82) is 0 Å². The van der Waals surface area contributed by atoms with E-state index in [1.54, 1.807) is 11.3 Å². The molecule has 0 saturated carbocycles. The van der Waals surface area contributed by atoms with Gasteiger partial charge in [-0.1, -0.05) is 39.7 Å². The zero-order valence-electron chi connectivity index (χ0n) is 9.20. The lowest BCUT2D eigenvalue weighted by Gasteiger charge is -2.14. The Morgan fingerprint density at radius 2 is 2.12 bits per heavy atom. The normalized spacial score (nSPS) is 12.6. The molecule has 1 nitrogen and oxygen atoms in total. The third-order valence-electron chi connectivity index (χ3n) is 2.68. The average molecular weight is 331 g/mol. The highest BCUT2D eigenvalue weighted by Crippen LogP contribution is 2.28. The Hall–Kier alpha value is -0.350. The topological polar surface area (TPSA) is 26.0 Å². The lowest BCUT2D eigenvalue weighted by atomic mass is 9.95. The van der Waals surface area contributed by atoms with Crippen LogP contribution in [-0.4, -0.2) is 6.54 Å². The molecule has 0 saturated heterocycles. The zero-order chi connectivity index (χ0) is 12.3. The van der Waals surface area contributed by atoms with E-state index >= 15 is 0 Å². The van der Waals surface area contributed by atoms with Crippen molar-refractivity contribution in [1.82, 2.24) is 0 Å². The molecule has 1 unspecified atom stereocenters. The van der Waals surface area contributed by atoms with Crippen molar-refractivity contribution >= 4 is 38.9 Å². The molecule has 0 fully saturated rings. The summed E-state index contributed by atoms with van der Waals surface area (Å²) < 4.78 is 1.93. The van der Waals surface area contributed by atoms with E-state index in [0.29, 0.717) is 12.5 Å². The molecular weight excluding hydrogens is 318 g/mol. The van der Waals surface area contributed by atoms with Crippen LogP contribution in [0.4, 0.5) is 0 Å². The molecule has 1 aromatic heterocycles. The highest BCUT2D eigenvalue weighted by Gasteiger charge is 2.12. The Labute approximate surface area is 119 Å². The average Bonchev–Trinajstić information content (AvgIpc) is 2.72. The van der Waals surface area contributed by atoms with Crippen LogP contribution >= 0.6 is 38.9 Å². The van der Waals surface area contributed by atoms with Gasteiger partial charge in [0.1, 0.15) is 0 Å². The summed E-state index contributed by atoms with van der Waals surface area (Å²) in [6.45, 7) is 0.645. The highest BCUT2D eigenvalue weighted by molar-refractivity contribution is 9.10. The molecule has 0 bridgehead atoms. The molecule has 0 spiro atoms. The summed E-state index contributed by atoms with van der Waals surface area (Å²) in [5.41, 5.74) is 7.14. The second kappa shape index (κ2) is 6.01. The van der Waals surface area contributed by atoms with E-state index in [1.807, 2.05) is 18.2 Å². The summed E-state index contributed by atoms with van der Waals surface area (Å²) >= 11 is 11.1. The fourth-order valence-electron chi connectivity index (χ4n) is 1.80. The lowest BCUT2D eigenvalue weighted by Crippen LogP contribution is -2.14. The quantitative estimate of drug-likeness (QED) is 0.880. The molecule has 1 atom stereocenters. The largest absolute Gasteiger partial charge is 0.330 e. The van der Waals surface area contributed by atoms with Crippen LogP contribution in [0.15, 0.2) is 40.9 Å². The van der Waals surface area contributed by atoms with E-state index in [4.69, 9.17) is 17.3 Å². The summed E-state index contributed by atoms with van der Waals surface area (Å²) in [7, 11) is 0. The van der Waals surface area contributed by atoms with Gasteiger partial charge >= 0.3 is 0 Å². The Balaban J connectivity index is 2.16. The van der Waals surface area contributed by atoms with Crippen LogP contribution in [0.3, 0.4) is 0 Å². The summed E-state index contributed by atoms with van der Waals surface area (Å²) in [4.78, 5) is 1.28. The second-order valence-electron chi connectivity index (χ2n) is 3.90. The summed E-state index contributed by atoms with van der Waals surface area (Å²) in [6.07, 6.45) is 0.949. The van der Waals surface area contributed by atoms with E-state index < -0.39 is 0 Å². The molecule has 4 heteroatoms. The van der Waals surface area contributed by atoms with E-state index in [-0.39, 0.29) is 0 Å². The maximum atomic E-state index is 5.94. The van der Waals surface area contributed by atoms with Crippen molar-refractivity contribution in [2.75, 3.05) is 6.54 Å². The summed E-state index contributed by atoms with van der Waals surface area (Å²) in [6, 6.07) is 12.3. The number of hydrogen-bond donors (Lipinski definition) is 1. The van der Waals surface area contributed by atoms with Gasteiger partial charge in [-0.05, 0) is 42.8 Å². The summed E-state index contributed by atoms with van der Waals surface area (Å²) in [5.74, 6) is 0.349. The van der Waals surface area contributed by atoms with Crippen molar-refractivity contribution in [3.8, 4) is 0 Å². The number of thiophene rings is 1. The van der Waals surface area contributed by atoms with Crippen LogP contribution in [0.1, 0.15) is 16.4 Å². The number of benzene rings is 1. The molecule has 90 valence electrons. The smallest absolute Gasteiger partial charge is 0.0931 e. The van der Waals surface area contributed by atoms with Gasteiger partial charge in [0.05, 0.1) is 4.34 Å².